The van der Waals surface area contributed by atoms with Crippen molar-refractivity contribution in [3.63, 3.8) is 0 Å². The van der Waals surface area contributed by atoms with Gasteiger partial charge < -0.3 is 19.9 Å². The number of hydrogen-bond donors (Lipinski definition) is 3. The van der Waals surface area contributed by atoms with Crippen LogP contribution in [0.1, 0.15) is 19.4 Å². The van der Waals surface area contributed by atoms with E-state index in [-0.39, 0.29) is 5.82 Å². The Morgan fingerprint density at radius 3 is 2.73 bits per heavy atom. The highest BCUT2D eigenvalue weighted by Crippen LogP contribution is 2.21. The predicted octanol–water partition coefficient (Wildman–Crippen LogP) is 0.385. The highest BCUT2D eigenvalue weighted by molar-refractivity contribution is 7.80. The largest absolute Gasteiger partial charge is 0.383 e. The maximum absolute atomic E-state index is 14.6. The molecule has 0 bridgehead atoms. The molecule has 3 N–H and O–H groups in total. The Kier molecular flexibility index (Phi) is 8.21. The average molecular weight is 383 g/mol. The van der Waals surface area contributed by atoms with Crippen molar-refractivity contribution in [2.24, 2.45) is 5.10 Å². The molecule has 1 aromatic carbocycles. The van der Waals surface area contributed by atoms with E-state index < -0.39 is 0 Å². The van der Waals surface area contributed by atoms with Crippen molar-refractivity contribution in [1.29, 1.82) is 0 Å². The van der Waals surface area contributed by atoms with Gasteiger partial charge in [0.15, 0.2) is 5.11 Å². The summed E-state index contributed by atoms with van der Waals surface area (Å²) in [6.45, 7) is 10.2. The number of nitrogens with zero attached hydrogens (tertiary/aromatic N) is 2. The SMILES string of the molecule is CC[NH+]1CCN(c2ccc(/C(C)=N\NC(=S)NCCOC)cc2F)CC1. The molecule has 0 aromatic heterocycles. The second kappa shape index (κ2) is 10.4. The minimum Gasteiger partial charge on any atom is -0.383 e. The quantitative estimate of drug-likeness (QED) is 0.276. The van der Waals surface area contributed by atoms with E-state index in [9.17, 15) is 4.39 Å². The topological polar surface area (TPSA) is 53.3 Å². The van der Waals surface area contributed by atoms with Crippen LogP contribution < -0.4 is 20.5 Å². The first kappa shape index (κ1) is 20.5. The molecule has 8 heteroatoms. The molecule has 0 unspecified atom stereocenters. The van der Waals surface area contributed by atoms with Gasteiger partial charge in [0.2, 0.25) is 0 Å². The fraction of sp³-hybridized carbons (Fsp3) is 0.556. The molecule has 1 aromatic rings. The predicted molar refractivity (Wildman–Crippen MR) is 108 cm³/mol. The average Bonchev–Trinajstić information content (AvgIpc) is 2.66. The van der Waals surface area contributed by atoms with E-state index in [1.165, 1.54) is 6.07 Å². The molecule has 1 aliphatic heterocycles. The van der Waals surface area contributed by atoms with Crippen molar-refractivity contribution >= 4 is 28.7 Å². The third-order valence-electron chi connectivity index (χ3n) is 4.59. The lowest BCUT2D eigenvalue weighted by Crippen LogP contribution is -3.14. The van der Waals surface area contributed by atoms with Crippen molar-refractivity contribution in [3.05, 3.63) is 29.6 Å². The highest BCUT2D eigenvalue weighted by Gasteiger charge is 2.21. The minimum absolute atomic E-state index is 0.210. The van der Waals surface area contributed by atoms with Gasteiger partial charge in [-0.1, -0.05) is 6.07 Å². The summed E-state index contributed by atoms with van der Waals surface area (Å²) in [4.78, 5) is 3.69. The monoisotopic (exact) mass is 382 g/mol. The van der Waals surface area contributed by atoms with Crippen LogP contribution in [0, 0.1) is 5.82 Å². The Bertz CT molecular complexity index is 632. The van der Waals surface area contributed by atoms with E-state index in [0.29, 0.717) is 29.7 Å². The molecular weight excluding hydrogens is 353 g/mol. The molecule has 0 amide bonds. The molecule has 6 nitrogen and oxygen atoms in total. The number of benzene rings is 1. The summed E-state index contributed by atoms with van der Waals surface area (Å²) in [7, 11) is 1.63. The number of piperazine rings is 1. The van der Waals surface area contributed by atoms with E-state index in [0.717, 1.165) is 38.3 Å². The summed E-state index contributed by atoms with van der Waals surface area (Å²) in [5.41, 5.74) is 4.84. The van der Waals surface area contributed by atoms with Gasteiger partial charge in [-0.3, -0.25) is 5.43 Å². The lowest BCUT2D eigenvalue weighted by atomic mass is 10.1. The Labute approximate surface area is 160 Å². The van der Waals surface area contributed by atoms with Crippen LogP contribution in [0.3, 0.4) is 0 Å². The normalized spacial score (nSPS) is 15.8. The van der Waals surface area contributed by atoms with Crippen LogP contribution >= 0.6 is 12.2 Å². The number of nitrogens with one attached hydrogen (secondary N) is 3. The standard InChI is InChI=1S/C18H28FN5OS/c1-4-23-8-10-24(11-9-23)17-6-5-15(13-16(17)19)14(2)21-22-18(26)20-7-12-25-3/h5-6,13H,4,7-12H2,1-3H3,(H2,20,22,26)/p+1/b21-14-. The van der Waals surface area contributed by atoms with Crippen LogP contribution in [0.4, 0.5) is 10.1 Å². The fourth-order valence-electron chi connectivity index (χ4n) is 2.91. The van der Waals surface area contributed by atoms with E-state index in [4.69, 9.17) is 17.0 Å². The summed E-state index contributed by atoms with van der Waals surface area (Å²) in [5, 5.41) is 7.60. The van der Waals surface area contributed by atoms with Gasteiger partial charge in [0.05, 0.1) is 50.7 Å². The lowest BCUT2D eigenvalue weighted by molar-refractivity contribution is -0.898. The first-order chi connectivity index (χ1) is 12.5. The van der Waals surface area contributed by atoms with Crippen molar-refractivity contribution in [1.82, 2.24) is 10.7 Å². The van der Waals surface area contributed by atoms with Crippen molar-refractivity contribution in [2.45, 2.75) is 13.8 Å². The zero-order valence-electron chi connectivity index (χ0n) is 15.8. The Hall–Kier alpha value is -1.77. The maximum atomic E-state index is 14.6. The Morgan fingerprint density at radius 2 is 2.12 bits per heavy atom. The zero-order valence-corrected chi connectivity index (χ0v) is 16.6. The molecule has 0 saturated carbocycles. The third-order valence-corrected chi connectivity index (χ3v) is 4.83. The number of thiocarbonyl (C=S) groups is 1. The number of ether oxygens (including phenoxy) is 1. The van der Waals surface area contributed by atoms with Crippen LogP contribution in [0.25, 0.3) is 0 Å². The molecular formula is C18H29FN5OS+. The van der Waals surface area contributed by atoms with Crippen LogP contribution in [0.15, 0.2) is 23.3 Å². The second-order valence-corrected chi connectivity index (χ2v) is 6.72. The van der Waals surface area contributed by atoms with Gasteiger partial charge in [0.1, 0.15) is 5.82 Å². The lowest BCUT2D eigenvalue weighted by Gasteiger charge is -2.33. The van der Waals surface area contributed by atoms with Crippen molar-refractivity contribution < 1.29 is 14.0 Å². The van der Waals surface area contributed by atoms with Gasteiger partial charge in [-0.05, 0) is 38.2 Å². The van der Waals surface area contributed by atoms with Gasteiger partial charge in [-0.25, -0.2) is 4.39 Å². The summed E-state index contributed by atoms with van der Waals surface area (Å²) >= 11 is 5.12. The van der Waals surface area contributed by atoms with Crippen molar-refractivity contribution in [3.8, 4) is 0 Å². The van der Waals surface area contributed by atoms with Gasteiger partial charge in [0.25, 0.3) is 0 Å². The van der Waals surface area contributed by atoms with Gasteiger partial charge in [-0.15, -0.1) is 0 Å². The third kappa shape index (κ3) is 5.89. The molecule has 0 radical (unpaired) electrons. The maximum Gasteiger partial charge on any atom is 0.187 e. The van der Waals surface area contributed by atoms with E-state index in [1.807, 2.05) is 19.1 Å². The first-order valence-corrected chi connectivity index (χ1v) is 9.41. The van der Waals surface area contributed by atoms with Crippen molar-refractivity contribution in [2.75, 3.05) is 57.9 Å². The summed E-state index contributed by atoms with van der Waals surface area (Å²) in [6, 6.07) is 5.28. The molecule has 2 rings (SSSR count). The molecule has 1 aliphatic rings. The molecule has 0 atom stereocenters. The number of anilines is 1. The zero-order chi connectivity index (χ0) is 18.9. The number of methoxy groups -OCH3 is 1. The number of halogens is 1. The van der Waals surface area contributed by atoms with Crippen LogP contribution in [-0.4, -0.2) is 63.8 Å². The van der Waals surface area contributed by atoms with Gasteiger partial charge in [-0.2, -0.15) is 5.10 Å². The molecule has 1 saturated heterocycles. The van der Waals surface area contributed by atoms with E-state index in [1.54, 1.807) is 12.0 Å². The number of quaternary nitrogens is 1. The molecule has 0 spiro atoms. The Morgan fingerprint density at radius 1 is 1.38 bits per heavy atom. The van der Waals surface area contributed by atoms with E-state index in [2.05, 4.69) is 27.7 Å². The molecule has 1 fully saturated rings. The molecule has 1 heterocycles. The van der Waals surface area contributed by atoms with Crippen LogP contribution in [-0.2, 0) is 4.74 Å². The van der Waals surface area contributed by atoms with E-state index >= 15 is 0 Å². The molecule has 144 valence electrons. The first-order valence-electron chi connectivity index (χ1n) is 9.00. The van der Waals surface area contributed by atoms with Crippen LogP contribution in [0.2, 0.25) is 0 Å². The smallest absolute Gasteiger partial charge is 0.187 e. The minimum atomic E-state index is -0.210. The fourth-order valence-corrected chi connectivity index (χ4v) is 3.06. The second-order valence-electron chi connectivity index (χ2n) is 6.31. The summed E-state index contributed by atoms with van der Waals surface area (Å²) in [6.07, 6.45) is 0. The summed E-state index contributed by atoms with van der Waals surface area (Å²) < 4.78 is 19.5. The van der Waals surface area contributed by atoms with Gasteiger partial charge >= 0.3 is 0 Å². The number of hydrazone groups is 1. The number of hydrogen-bond acceptors (Lipinski definition) is 4. The molecule has 0 aliphatic carbocycles. The number of likely N-dealkylation sites (N-methyl/N-ethyl adjacent to an activating group) is 1. The van der Waals surface area contributed by atoms with Crippen LogP contribution in [0.5, 0.6) is 0 Å². The Balaban J connectivity index is 1.95. The summed E-state index contributed by atoms with van der Waals surface area (Å²) in [5.74, 6) is -0.210. The highest BCUT2D eigenvalue weighted by atomic mass is 32.1. The number of rotatable bonds is 7. The van der Waals surface area contributed by atoms with Gasteiger partial charge in [0, 0.05) is 19.2 Å². The molecule has 26 heavy (non-hydrogen) atoms.